The molecule has 2 atom stereocenters. The number of furan rings is 1. The quantitative estimate of drug-likeness (QED) is 0.909. The van der Waals surface area contributed by atoms with Gasteiger partial charge in [-0.2, -0.15) is 0 Å². The molecule has 6 heteroatoms. The van der Waals surface area contributed by atoms with Gasteiger partial charge in [0.25, 0.3) is 5.91 Å². The second-order valence-electron chi connectivity index (χ2n) is 5.80. The zero-order valence-electron chi connectivity index (χ0n) is 12.7. The molecule has 2 aromatic rings. The van der Waals surface area contributed by atoms with Gasteiger partial charge in [-0.3, -0.25) is 4.79 Å². The highest BCUT2D eigenvalue weighted by molar-refractivity contribution is 5.93. The number of amides is 1. The van der Waals surface area contributed by atoms with E-state index in [4.69, 9.17) is 9.52 Å². The van der Waals surface area contributed by atoms with Gasteiger partial charge in [-0.15, -0.1) is 0 Å². The molecule has 23 heavy (non-hydrogen) atoms. The number of likely N-dealkylation sites (tertiary alicyclic amines) is 1. The van der Waals surface area contributed by atoms with Crippen molar-refractivity contribution < 1.29 is 23.8 Å². The highest BCUT2D eigenvalue weighted by atomic mass is 19.1. The fourth-order valence-corrected chi connectivity index (χ4v) is 3.04. The van der Waals surface area contributed by atoms with Gasteiger partial charge in [-0.1, -0.05) is 12.1 Å². The molecule has 0 spiro atoms. The predicted molar refractivity (Wildman–Crippen MR) is 80.2 cm³/mol. The summed E-state index contributed by atoms with van der Waals surface area (Å²) >= 11 is 0. The van der Waals surface area contributed by atoms with Crippen LogP contribution >= 0.6 is 0 Å². The summed E-state index contributed by atoms with van der Waals surface area (Å²) in [6.07, 6.45) is -0.318. The van der Waals surface area contributed by atoms with Crippen LogP contribution in [0.4, 0.5) is 4.39 Å². The summed E-state index contributed by atoms with van der Waals surface area (Å²) in [5.74, 6) is -0.293. The number of halogens is 1. The maximum Gasteiger partial charge on any atom is 0.290 e. The van der Waals surface area contributed by atoms with Crippen LogP contribution in [0, 0.1) is 12.7 Å². The van der Waals surface area contributed by atoms with E-state index in [1.54, 1.807) is 25.1 Å². The van der Waals surface area contributed by atoms with Crippen LogP contribution in [-0.2, 0) is 6.61 Å². The van der Waals surface area contributed by atoms with Crippen molar-refractivity contribution >= 4 is 5.91 Å². The number of hydrogen-bond acceptors (Lipinski definition) is 4. The summed E-state index contributed by atoms with van der Waals surface area (Å²) in [7, 11) is 0. The smallest absolute Gasteiger partial charge is 0.290 e. The fourth-order valence-electron chi connectivity index (χ4n) is 3.04. The summed E-state index contributed by atoms with van der Waals surface area (Å²) in [5.41, 5.74) is 1.26. The lowest BCUT2D eigenvalue weighted by Crippen LogP contribution is -2.32. The average molecular weight is 319 g/mol. The van der Waals surface area contributed by atoms with Gasteiger partial charge >= 0.3 is 0 Å². The second kappa shape index (κ2) is 6.14. The van der Waals surface area contributed by atoms with Crippen molar-refractivity contribution in [3.63, 3.8) is 0 Å². The molecule has 0 aliphatic carbocycles. The van der Waals surface area contributed by atoms with Gasteiger partial charge < -0.3 is 19.5 Å². The van der Waals surface area contributed by atoms with E-state index in [-0.39, 0.29) is 30.6 Å². The molecule has 1 amide bonds. The lowest BCUT2D eigenvalue weighted by atomic mass is 10.0. The van der Waals surface area contributed by atoms with E-state index in [2.05, 4.69) is 0 Å². The molecule has 1 aliphatic heterocycles. The lowest BCUT2D eigenvalue weighted by molar-refractivity contribution is 0.0678. The molecular formula is C17H18FNO4. The molecule has 1 aromatic carbocycles. The van der Waals surface area contributed by atoms with Gasteiger partial charge in [0.1, 0.15) is 18.2 Å². The number of aliphatic hydroxyl groups is 2. The minimum absolute atomic E-state index is 0.143. The maximum atomic E-state index is 13.5. The first-order chi connectivity index (χ1) is 11.0. The molecule has 2 heterocycles. The Morgan fingerprint density at radius 1 is 1.43 bits per heavy atom. The first-order valence-corrected chi connectivity index (χ1v) is 7.44. The Labute approximate surface area is 133 Å². The molecule has 0 unspecified atom stereocenters. The third-order valence-electron chi connectivity index (χ3n) is 4.09. The zero-order valence-corrected chi connectivity index (χ0v) is 12.7. The number of carbonyl (C=O) groups is 1. The molecule has 1 fully saturated rings. The molecule has 122 valence electrons. The van der Waals surface area contributed by atoms with E-state index in [0.29, 0.717) is 23.3 Å². The van der Waals surface area contributed by atoms with Crippen molar-refractivity contribution in [2.75, 3.05) is 6.54 Å². The molecular weight excluding hydrogens is 301 g/mol. The molecule has 1 aliphatic rings. The van der Waals surface area contributed by atoms with Crippen molar-refractivity contribution in [2.24, 2.45) is 0 Å². The first-order valence-electron chi connectivity index (χ1n) is 7.44. The van der Waals surface area contributed by atoms with Crippen LogP contribution in [0.2, 0.25) is 0 Å². The van der Waals surface area contributed by atoms with Gasteiger partial charge in [0.2, 0.25) is 0 Å². The van der Waals surface area contributed by atoms with E-state index in [1.807, 2.05) is 0 Å². The molecule has 3 rings (SSSR count). The van der Waals surface area contributed by atoms with Gasteiger partial charge in [-0.05, 0) is 37.1 Å². The molecule has 0 saturated carbocycles. The Kier molecular flexibility index (Phi) is 4.19. The van der Waals surface area contributed by atoms with Crippen LogP contribution in [0.25, 0.3) is 0 Å². The molecule has 2 N–H and O–H groups in total. The van der Waals surface area contributed by atoms with Crippen molar-refractivity contribution in [3.8, 4) is 0 Å². The third-order valence-corrected chi connectivity index (χ3v) is 4.09. The Balaban J connectivity index is 1.92. The van der Waals surface area contributed by atoms with E-state index in [9.17, 15) is 14.3 Å². The van der Waals surface area contributed by atoms with E-state index in [0.717, 1.165) is 0 Å². The van der Waals surface area contributed by atoms with Crippen molar-refractivity contribution in [3.05, 3.63) is 58.8 Å². The Hall–Kier alpha value is -2.18. The number of benzene rings is 1. The van der Waals surface area contributed by atoms with Gasteiger partial charge in [-0.25, -0.2) is 4.39 Å². The van der Waals surface area contributed by atoms with E-state index >= 15 is 0 Å². The zero-order chi connectivity index (χ0) is 16.6. The summed E-state index contributed by atoms with van der Waals surface area (Å²) in [5, 5.41) is 19.1. The summed E-state index contributed by atoms with van der Waals surface area (Å²) in [6, 6.07) is 7.23. The van der Waals surface area contributed by atoms with Gasteiger partial charge in [0, 0.05) is 12.1 Å². The minimum atomic E-state index is -0.667. The predicted octanol–water partition coefficient (Wildman–Crippen LogP) is 2.17. The summed E-state index contributed by atoms with van der Waals surface area (Å²) in [4.78, 5) is 14.2. The lowest BCUT2D eigenvalue weighted by Gasteiger charge is -2.24. The van der Waals surface area contributed by atoms with Crippen LogP contribution in [0.15, 0.2) is 34.7 Å². The highest BCUT2D eigenvalue weighted by Crippen LogP contribution is 2.34. The number of nitrogens with zero attached hydrogens (tertiary/aromatic N) is 1. The normalized spacial score (nSPS) is 21.0. The molecule has 0 bridgehead atoms. The second-order valence-corrected chi connectivity index (χ2v) is 5.80. The summed E-state index contributed by atoms with van der Waals surface area (Å²) in [6.45, 7) is 1.60. The largest absolute Gasteiger partial charge is 0.453 e. The van der Waals surface area contributed by atoms with Crippen LogP contribution in [0.1, 0.15) is 39.9 Å². The SMILES string of the molecule is Cc1cc(CO)oc1C(=O)N1C[C@H](O)C[C@@H]1c1cccc(F)c1. The number of aryl methyl sites for hydroxylation is 1. The van der Waals surface area contributed by atoms with Crippen molar-refractivity contribution in [1.29, 1.82) is 0 Å². The van der Waals surface area contributed by atoms with Gasteiger partial charge in [0.05, 0.1) is 12.1 Å². The number of β-amino-alcohol motifs (C(OH)–C–C–N with tert-alkyl or cyclic N) is 1. The first kappa shape index (κ1) is 15.7. The monoisotopic (exact) mass is 319 g/mol. The highest BCUT2D eigenvalue weighted by Gasteiger charge is 2.37. The van der Waals surface area contributed by atoms with E-state index in [1.165, 1.54) is 17.0 Å². The molecule has 1 saturated heterocycles. The average Bonchev–Trinajstić information content (AvgIpc) is 3.09. The molecule has 1 aromatic heterocycles. The van der Waals surface area contributed by atoms with Crippen LogP contribution in [-0.4, -0.2) is 33.7 Å². The number of hydrogen-bond donors (Lipinski definition) is 2. The number of rotatable bonds is 3. The topological polar surface area (TPSA) is 73.9 Å². The van der Waals surface area contributed by atoms with Crippen LogP contribution < -0.4 is 0 Å². The van der Waals surface area contributed by atoms with Crippen LogP contribution in [0.5, 0.6) is 0 Å². The number of carbonyl (C=O) groups excluding carboxylic acids is 1. The Morgan fingerprint density at radius 2 is 2.22 bits per heavy atom. The maximum absolute atomic E-state index is 13.5. The Morgan fingerprint density at radius 3 is 2.87 bits per heavy atom. The van der Waals surface area contributed by atoms with E-state index < -0.39 is 12.1 Å². The third kappa shape index (κ3) is 3.00. The van der Waals surface area contributed by atoms with Gasteiger partial charge in [0.15, 0.2) is 5.76 Å². The molecule has 0 radical (unpaired) electrons. The van der Waals surface area contributed by atoms with Crippen LogP contribution in [0.3, 0.4) is 0 Å². The van der Waals surface area contributed by atoms with Crippen molar-refractivity contribution in [2.45, 2.75) is 32.1 Å². The fraction of sp³-hybridized carbons (Fsp3) is 0.353. The Bertz CT molecular complexity index is 727. The minimum Gasteiger partial charge on any atom is -0.453 e. The molecule has 5 nitrogen and oxygen atoms in total. The van der Waals surface area contributed by atoms with Crippen molar-refractivity contribution in [1.82, 2.24) is 4.90 Å². The number of aliphatic hydroxyl groups excluding tert-OH is 2. The standard InChI is InChI=1S/C17H18FNO4/c1-10-5-14(9-20)23-16(10)17(22)19-8-13(21)7-15(19)11-3-2-4-12(18)6-11/h2-6,13,15,20-21H,7-9H2,1H3/t13-,15-/m1/s1. The summed E-state index contributed by atoms with van der Waals surface area (Å²) < 4.78 is 18.9.